The normalized spacial score (nSPS) is 11.1. The standard InChI is InChI=1S/C6H8O7.K.H/c7-4(8)1-3(6(11)12)13-2-5(9)10;;/h3H,1-2H2,(H,7,8)(H,9,10)(H,11,12);;/q;+1;-1. The van der Waals surface area contributed by atoms with E-state index in [1.165, 1.54) is 0 Å². The van der Waals surface area contributed by atoms with Crippen molar-refractivity contribution >= 4 is 17.9 Å². The van der Waals surface area contributed by atoms with Crippen LogP contribution in [0.25, 0.3) is 0 Å². The molecule has 0 aliphatic heterocycles. The van der Waals surface area contributed by atoms with Gasteiger partial charge in [-0.15, -0.1) is 0 Å². The van der Waals surface area contributed by atoms with Crippen LogP contribution in [0.2, 0.25) is 0 Å². The maximum Gasteiger partial charge on any atom is 1.00 e. The van der Waals surface area contributed by atoms with Crippen molar-refractivity contribution in [2.75, 3.05) is 6.61 Å². The summed E-state index contributed by atoms with van der Waals surface area (Å²) in [6, 6.07) is 0. The van der Waals surface area contributed by atoms with Gasteiger partial charge < -0.3 is 21.5 Å². The zero-order valence-electron chi connectivity index (χ0n) is 8.47. The summed E-state index contributed by atoms with van der Waals surface area (Å²) in [7, 11) is 0. The Balaban J connectivity index is -0.000000720. The van der Waals surface area contributed by atoms with Crippen LogP contribution in [0, 0.1) is 0 Å². The van der Waals surface area contributed by atoms with Crippen LogP contribution < -0.4 is 51.4 Å². The zero-order valence-corrected chi connectivity index (χ0v) is 10.6. The van der Waals surface area contributed by atoms with E-state index < -0.39 is 37.0 Å². The Hall–Kier alpha value is 0.00636. The molecule has 0 amide bonds. The van der Waals surface area contributed by atoms with E-state index in [2.05, 4.69) is 4.74 Å². The smallest absolute Gasteiger partial charge is 1.00 e. The van der Waals surface area contributed by atoms with Gasteiger partial charge >= 0.3 is 69.3 Å². The number of rotatable bonds is 6. The fraction of sp³-hybridized carbons (Fsp3) is 0.500. The van der Waals surface area contributed by atoms with E-state index in [1.54, 1.807) is 0 Å². The van der Waals surface area contributed by atoms with Crippen LogP contribution >= 0.6 is 0 Å². The van der Waals surface area contributed by atoms with Crippen molar-refractivity contribution in [3.05, 3.63) is 0 Å². The van der Waals surface area contributed by atoms with Crippen molar-refractivity contribution in [2.24, 2.45) is 0 Å². The van der Waals surface area contributed by atoms with Crippen LogP contribution in [-0.4, -0.2) is 45.9 Å². The number of aliphatic carboxylic acids is 3. The van der Waals surface area contributed by atoms with E-state index in [1.807, 2.05) is 0 Å². The molecule has 76 valence electrons. The van der Waals surface area contributed by atoms with Gasteiger partial charge in [0.1, 0.15) is 6.61 Å². The van der Waals surface area contributed by atoms with Crippen LogP contribution in [0.1, 0.15) is 7.85 Å². The van der Waals surface area contributed by atoms with Crippen molar-refractivity contribution in [2.45, 2.75) is 12.5 Å². The molecule has 0 saturated carbocycles. The minimum Gasteiger partial charge on any atom is -1.00 e. The quantitative estimate of drug-likeness (QED) is 0.400. The Morgan fingerprint density at radius 2 is 1.64 bits per heavy atom. The van der Waals surface area contributed by atoms with Crippen LogP contribution in [0.3, 0.4) is 0 Å². The van der Waals surface area contributed by atoms with E-state index >= 15 is 0 Å². The van der Waals surface area contributed by atoms with Gasteiger partial charge in [-0.3, -0.25) is 4.79 Å². The molecule has 0 spiro atoms. The van der Waals surface area contributed by atoms with Gasteiger partial charge in [0.2, 0.25) is 0 Å². The number of carboxylic acid groups (broad SMARTS) is 3. The summed E-state index contributed by atoms with van der Waals surface area (Å²) < 4.78 is 4.30. The van der Waals surface area contributed by atoms with E-state index in [9.17, 15) is 14.4 Å². The summed E-state index contributed by atoms with van der Waals surface area (Å²) in [5, 5.41) is 24.7. The number of ether oxygens (including phenoxy) is 1. The Labute approximate surface area is 123 Å². The number of carboxylic acids is 3. The molecule has 14 heavy (non-hydrogen) atoms. The fourth-order valence-electron chi connectivity index (χ4n) is 0.548. The van der Waals surface area contributed by atoms with Gasteiger partial charge in [-0.1, -0.05) is 0 Å². The Morgan fingerprint density at radius 1 is 1.14 bits per heavy atom. The van der Waals surface area contributed by atoms with Crippen molar-refractivity contribution in [1.29, 1.82) is 0 Å². The number of carbonyl (C=O) groups is 3. The zero-order chi connectivity index (χ0) is 10.4. The van der Waals surface area contributed by atoms with Crippen molar-refractivity contribution in [3.8, 4) is 0 Å². The van der Waals surface area contributed by atoms with Crippen molar-refractivity contribution < 1.29 is 87.3 Å². The molecule has 8 heteroatoms. The molecule has 0 bridgehead atoms. The van der Waals surface area contributed by atoms with Gasteiger partial charge in [0.15, 0.2) is 6.10 Å². The second-order valence-electron chi connectivity index (χ2n) is 2.13. The third kappa shape index (κ3) is 8.60. The first kappa shape index (κ1) is 16.4. The fourth-order valence-corrected chi connectivity index (χ4v) is 0.548. The Kier molecular flexibility index (Phi) is 9.77. The van der Waals surface area contributed by atoms with Gasteiger partial charge in [0, 0.05) is 0 Å². The van der Waals surface area contributed by atoms with Crippen molar-refractivity contribution in [1.82, 2.24) is 0 Å². The summed E-state index contributed by atoms with van der Waals surface area (Å²) in [5.74, 6) is -4.21. The van der Waals surface area contributed by atoms with Crippen LogP contribution in [0.4, 0.5) is 0 Å². The topological polar surface area (TPSA) is 121 Å². The molecule has 0 fully saturated rings. The second kappa shape index (κ2) is 8.33. The largest absolute Gasteiger partial charge is 1.00 e. The first-order chi connectivity index (χ1) is 5.93. The summed E-state index contributed by atoms with van der Waals surface area (Å²) >= 11 is 0. The third-order valence-corrected chi connectivity index (χ3v) is 1.04. The number of hydrogen-bond donors (Lipinski definition) is 3. The molecule has 0 aliphatic carbocycles. The predicted octanol–water partition coefficient (Wildman–Crippen LogP) is -3.87. The summed E-state index contributed by atoms with van der Waals surface area (Å²) in [6.07, 6.45) is -2.38. The first-order valence-corrected chi connectivity index (χ1v) is 3.21. The molecular formula is C6H9KO7. The monoisotopic (exact) mass is 232 g/mol. The van der Waals surface area contributed by atoms with Gasteiger partial charge in [-0.05, 0) is 0 Å². The minimum absolute atomic E-state index is 0. The maximum atomic E-state index is 10.3. The van der Waals surface area contributed by atoms with E-state index in [0.717, 1.165) is 0 Å². The molecule has 0 aromatic carbocycles. The summed E-state index contributed by atoms with van der Waals surface area (Å²) in [6.45, 7) is -0.829. The van der Waals surface area contributed by atoms with E-state index in [-0.39, 0.29) is 52.8 Å². The number of hydrogen-bond acceptors (Lipinski definition) is 4. The molecule has 0 aromatic rings. The van der Waals surface area contributed by atoms with Crippen LogP contribution in [-0.2, 0) is 19.1 Å². The van der Waals surface area contributed by atoms with Gasteiger partial charge in [-0.2, -0.15) is 0 Å². The minimum atomic E-state index is -1.62. The summed E-state index contributed by atoms with van der Waals surface area (Å²) in [5.41, 5.74) is 0. The van der Waals surface area contributed by atoms with E-state index in [4.69, 9.17) is 15.3 Å². The van der Waals surface area contributed by atoms with Gasteiger partial charge in [-0.25, -0.2) is 9.59 Å². The Bertz CT molecular complexity index is 232. The molecule has 7 nitrogen and oxygen atoms in total. The first-order valence-electron chi connectivity index (χ1n) is 3.21. The van der Waals surface area contributed by atoms with Crippen molar-refractivity contribution in [3.63, 3.8) is 0 Å². The molecule has 1 unspecified atom stereocenters. The maximum absolute atomic E-state index is 10.3. The van der Waals surface area contributed by atoms with E-state index in [0.29, 0.717) is 0 Å². The van der Waals surface area contributed by atoms with Gasteiger partial charge in [0.05, 0.1) is 6.42 Å². The molecule has 3 N–H and O–H groups in total. The molecule has 0 rings (SSSR count). The van der Waals surface area contributed by atoms with Crippen LogP contribution in [0.15, 0.2) is 0 Å². The predicted molar refractivity (Wildman–Crippen MR) is 38.4 cm³/mol. The average Bonchev–Trinajstić information content (AvgIpc) is 1.96. The average molecular weight is 232 g/mol. The molecule has 0 aromatic heterocycles. The molecule has 0 heterocycles. The second-order valence-corrected chi connectivity index (χ2v) is 2.13. The van der Waals surface area contributed by atoms with Gasteiger partial charge in [0.25, 0.3) is 0 Å². The molecule has 0 aliphatic rings. The summed E-state index contributed by atoms with van der Waals surface area (Å²) in [4.78, 5) is 30.3. The molecule has 0 radical (unpaired) electrons. The molecule has 1 atom stereocenters. The molecule has 0 saturated heterocycles. The third-order valence-electron chi connectivity index (χ3n) is 1.04. The van der Waals surface area contributed by atoms with Crippen LogP contribution in [0.5, 0.6) is 0 Å². The molecular weight excluding hydrogens is 223 g/mol. The SMILES string of the molecule is O=C(O)COC(CC(=O)O)C(=O)O.[H-].[K+]. The Morgan fingerprint density at radius 3 is 1.93 bits per heavy atom.